The Morgan fingerprint density at radius 1 is 1.27 bits per heavy atom. The molecule has 54 valence electrons. The normalized spacial score (nSPS) is 10.3. The summed E-state index contributed by atoms with van der Waals surface area (Å²) in [6.45, 7) is 4.38. The van der Waals surface area contributed by atoms with Crippen molar-refractivity contribution in [2.24, 2.45) is 0 Å². The van der Waals surface area contributed by atoms with Crippen molar-refractivity contribution in [1.29, 1.82) is 0 Å². The van der Waals surface area contributed by atoms with Crippen molar-refractivity contribution >= 4 is 12.6 Å². The van der Waals surface area contributed by atoms with Crippen LogP contribution in [0.5, 0.6) is 0 Å². The Balaban J connectivity index is 3.25. The van der Waals surface area contributed by atoms with Gasteiger partial charge in [0.25, 0.3) is 0 Å². The van der Waals surface area contributed by atoms with E-state index in [2.05, 4.69) is 38.6 Å². The van der Waals surface area contributed by atoms with Crippen LogP contribution in [0.15, 0.2) is 17.0 Å². The van der Waals surface area contributed by atoms with Gasteiger partial charge in [-0.25, -0.2) is 0 Å². The van der Waals surface area contributed by atoms with Crippen molar-refractivity contribution in [3.05, 3.63) is 28.8 Å². The first kappa shape index (κ1) is 9.59. The Morgan fingerprint density at radius 2 is 1.91 bits per heavy atom. The molecule has 0 amide bonds. The van der Waals surface area contributed by atoms with Crippen molar-refractivity contribution in [3.8, 4) is 0 Å². The molecule has 1 rings (SSSR count). The number of benzene rings is 1. The van der Waals surface area contributed by atoms with E-state index in [1.165, 1.54) is 25.5 Å². The molecule has 11 heavy (non-hydrogen) atoms. The van der Waals surface area contributed by atoms with Crippen LogP contribution in [0, 0.1) is 13.8 Å². The van der Waals surface area contributed by atoms with E-state index in [1.54, 1.807) is 0 Å². The molecule has 0 atom stereocenters. The maximum atomic E-state index is 3.57. The number of hydrogen-bond donors (Lipinski definition) is 0. The predicted octanol–water partition coefficient (Wildman–Crippen LogP) is 1.72. The van der Waals surface area contributed by atoms with Crippen LogP contribution in [0.4, 0.5) is 0 Å². The van der Waals surface area contributed by atoms with Crippen LogP contribution in [-0.2, 0) is 42.7 Å². The zero-order chi connectivity index (χ0) is 8.43. The van der Waals surface area contributed by atoms with Crippen LogP contribution < -0.4 is 0 Å². The molecule has 0 aromatic heterocycles. The van der Waals surface area contributed by atoms with Gasteiger partial charge in [0.15, 0.2) is 0 Å². The molecule has 0 saturated heterocycles. The van der Waals surface area contributed by atoms with Gasteiger partial charge in [0.05, 0.1) is 0 Å². The minimum absolute atomic E-state index is 0.881. The van der Waals surface area contributed by atoms with E-state index >= 15 is 0 Å². The minimum atomic E-state index is 0.881. The van der Waals surface area contributed by atoms with Gasteiger partial charge in [-0.3, -0.25) is 0 Å². The fourth-order valence-electron chi connectivity index (χ4n) is 1.15. The summed E-state index contributed by atoms with van der Waals surface area (Å²) in [6, 6.07) is 4.39. The van der Waals surface area contributed by atoms with Crippen molar-refractivity contribution in [2.45, 2.75) is 22.7 Å². The summed E-state index contributed by atoms with van der Waals surface area (Å²) in [4.78, 5) is 1.23. The molecule has 0 aliphatic carbocycles. The number of rotatable bonds is 1. The van der Waals surface area contributed by atoms with Gasteiger partial charge in [-0.15, -0.1) is 0 Å². The second kappa shape index (κ2) is 3.95. The van der Waals surface area contributed by atoms with Crippen LogP contribution in [0.1, 0.15) is 16.7 Å². The molecular formula is C9H12HgS+2. The van der Waals surface area contributed by atoms with Crippen LogP contribution >= 0.6 is 0 Å². The van der Waals surface area contributed by atoms with Gasteiger partial charge >= 0.3 is 90.2 Å². The molecule has 0 N–H and O–H groups in total. The molecule has 2 heteroatoms. The third-order valence-corrected chi connectivity index (χ3v) is 4.80. The third-order valence-electron chi connectivity index (χ3n) is 2.17. The summed E-state index contributed by atoms with van der Waals surface area (Å²) < 4.78 is 1.32. The summed E-state index contributed by atoms with van der Waals surface area (Å²) in [5, 5.41) is 0. The van der Waals surface area contributed by atoms with Crippen molar-refractivity contribution in [1.82, 2.24) is 0 Å². The SMILES string of the molecule is Cc1c([SH2+])ccc([CH2][Hg+])c1C. The summed E-state index contributed by atoms with van der Waals surface area (Å²) in [5.41, 5.74) is 4.39. The molecule has 0 spiro atoms. The van der Waals surface area contributed by atoms with Crippen LogP contribution in [0.3, 0.4) is 0 Å². The molecule has 1 aromatic rings. The van der Waals surface area contributed by atoms with E-state index in [0.717, 1.165) is 26.1 Å². The Hall–Kier alpha value is 0.505. The fourth-order valence-corrected chi connectivity index (χ4v) is 3.52. The Morgan fingerprint density at radius 3 is 2.45 bits per heavy atom. The molecule has 0 aliphatic heterocycles. The van der Waals surface area contributed by atoms with Gasteiger partial charge < -0.3 is 0 Å². The van der Waals surface area contributed by atoms with Gasteiger partial charge in [-0.1, -0.05) is 0 Å². The molecule has 1 aromatic carbocycles. The first-order chi connectivity index (χ1) is 5.16. The molecule has 0 nitrogen and oxygen atoms in total. The van der Waals surface area contributed by atoms with Crippen molar-refractivity contribution < 1.29 is 26.1 Å². The van der Waals surface area contributed by atoms with Crippen LogP contribution in [0.25, 0.3) is 0 Å². The first-order valence-electron chi connectivity index (χ1n) is 3.76. The van der Waals surface area contributed by atoms with E-state index < -0.39 is 0 Å². The Kier molecular flexibility index (Phi) is 3.44. The molecule has 0 unspecified atom stereocenters. The summed E-state index contributed by atoms with van der Waals surface area (Å²) in [6.07, 6.45) is 0. The van der Waals surface area contributed by atoms with Crippen LogP contribution in [0.2, 0.25) is 0 Å². The van der Waals surface area contributed by atoms with Crippen molar-refractivity contribution in [3.63, 3.8) is 0 Å². The third kappa shape index (κ3) is 2.00. The van der Waals surface area contributed by atoms with E-state index in [-0.39, 0.29) is 0 Å². The van der Waals surface area contributed by atoms with E-state index in [4.69, 9.17) is 0 Å². The molecule has 0 heterocycles. The zero-order valence-corrected chi connectivity index (χ0v) is 13.6. The van der Waals surface area contributed by atoms with Gasteiger partial charge in [-0.05, 0) is 0 Å². The Labute approximate surface area is 89.8 Å². The maximum absolute atomic E-state index is 3.57. The molecule has 0 bridgehead atoms. The second-order valence-corrected chi connectivity index (χ2v) is 5.25. The molecule has 0 aliphatic rings. The Bertz CT molecular complexity index is 269. The average molecular weight is 353 g/mol. The van der Waals surface area contributed by atoms with Gasteiger partial charge in [0, 0.05) is 0 Å². The zero-order valence-electron chi connectivity index (χ0n) is 7.07. The molecule has 0 saturated carbocycles. The second-order valence-electron chi connectivity index (χ2n) is 2.77. The molecule has 0 radical (unpaired) electrons. The van der Waals surface area contributed by atoms with Crippen molar-refractivity contribution in [2.75, 3.05) is 0 Å². The summed E-state index contributed by atoms with van der Waals surface area (Å²) >= 11 is 4.46. The van der Waals surface area contributed by atoms with Gasteiger partial charge in [0.2, 0.25) is 0 Å². The summed E-state index contributed by atoms with van der Waals surface area (Å²) in [7, 11) is 0. The fraction of sp³-hybridized carbons (Fsp3) is 0.333. The average Bonchev–Trinajstić information content (AvgIpc) is 2.01. The van der Waals surface area contributed by atoms with Gasteiger partial charge in [-0.2, -0.15) is 0 Å². The summed E-state index contributed by atoms with van der Waals surface area (Å²) in [5.74, 6) is 0. The van der Waals surface area contributed by atoms with E-state index in [1.807, 2.05) is 0 Å². The first-order valence-corrected chi connectivity index (χ1v) is 8.15. The number of hydrogen-bond acceptors (Lipinski definition) is 0. The monoisotopic (exact) mass is 354 g/mol. The molecular weight excluding hydrogens is 341 g/mol. The molecule has 0 fully saturated rings. The predicted molar refractivity (Wildman–Crippen MR) is 48.0 cm³/mol. The topological polar surface area (TPSA) is 0 Å². The standard InChI is InChI=1S/C9H11S.Hg/c1-6-4-5-9(10)8(3)7(6)2;/h4-5,10H,1H2,2-3H3;/q;+1/p+1. The quantitative estimate of drug-likeness (QED) is 0.533. The van der Waals surface area contributed by atoms with E-state index in [9.17, 15) is 0 Å². The van der Waals surface area contributed by atoms with Crippen LogP contribution in [-0.4, -0.2) is 0 Å². The van der Waals surface area contributed by atoms with E-state index in [0.29, 0.717) is 0 Å². The van der Waals surface area contributed by atoms with Gasteiger partial charge in [0.1, 0.15) is 0 Å².